The smallest absolute Gasteiger partial charge is 0.127 e. The van der Waals surface area contributed by atoms with Crippen molar-refractivity contribution < 1.29 is 4.39 Å². The molecule has 3 rings (SSSR count). The molecule has 84 valence electrons. The Labute approximate surface area is 104 Å². The molecule has 17 heavy (non-hydrogen) atoms. The van der Waals surface area contributed by atoms with Crippen LogP contribution < -0.4 is 0 Å². The first kappa shape index (κ1) is 10.6. The summed E-state index contributed by atoms with van der Waals surface area (Å²) in [6.07, 6.45) is 4.14. The fraction of sp³-hybridized carbons (Fsp3) is 0.0667. The first-order valence-corrected chi connectivity index (χ1v) is 6.31. The SMILES string of the molecule is Cc1cc2c(cc1F)Sc1ccccc1C=C2. The summed E-state index contributed by atoms with van der Waals surface area (Å²) in [5.74, 6) is -0.135. The van der Waals surface area contributed by atoms with Gasteiger partial charge in [0.15, 0.2) is 0 Å². The van der Waals surface area contributed by atoms with Crippen LogP contribution in [0.1, 0.15) is 16.7 Å². The van der Waals surface area contributed by atoms with E-state index < -0.39 is 0 Å². The van der Waals surface area contributed by atoms with E-state index in [-0.39, 0.29) is 5.82 Å². The Kier molecular flexibility index (Phi) is 2.52. The second kappa shape index (κ2) is 4.04. The maximum Gasteiger partial charge on any atom is 0.127 e. The van der Waals surface area contributed by atoms with Gasteiger partial charge in [-0.25, -0.2) is 4.39 Å². The van der Waals surface area contributed by atoms with Crippen molar-refractivity contribution in [2.75, 3.05) is 0 Å². The van der Waals surface area contributed by atoms with Crippen molar-refractivity contribution in [1.29, 1.82) is 0 Å². The molecule has 0 saturated carbocycles. The van der Waals surface area contributed by atoms with E-state index in [1.165, 1.54) is 10.5 Å². The van der Waals surface area contributed by atoms with Gasteiger partial charge in [0.2, 0.25) is 0 Å². The van der Waals surface area contributed by atoms with Gasteiger partial charge in [0.25, 0.3) is 0 Å². The summed E-state index contributed by atoms with van der Waals surface area (Å²) >= 11 is 1.62. The lowest BCUT2D eigenvalue weighted by molar-refractivity contribution is 0.614. The number of hydrogen-bond donors (Lipinski definition) is 0. The van der Waals surface area contributed by atoms with Gasteiger partial charge in [0.05, 0.1) is 0 Å². The van der Waals surface area contributed by atoms with Gasteiger partial charge in [-0.15, -0.1) is 0 Å². The number of rotatable bonds is 0. The van der Waals surface area contributed by atoms with Gasteiger partial charge in [-0.1, -0.05) is 42.1 Å². The van der Waals surface area contributed by atoms with Crippen molar-refractivity contribution >= 4 is 23.9 Å². The third kappa shape index (κ3) is 1.89. The number of halogens is 1. The standard InChI is InChI=1S/C15H11FS/c1-10-8-12-7-6-11-4-2-3-5-14(11)17-15(12)9-13(10)16/h2-9H,1H3. The van der Waals surface area contributed by atoms with Crippen LogP contribution in [0.2, 0.25) is 0 Å². The Morgan fingerprint density at radius 3 is 2.59 bits per heavy atom. The van der Waals surface area contributed by atoms with Crippen molar-refractivity contribution in [3.8, 4) is 0 Å². The van der Waals surface area contributed by atoms with E-state index in [0.29, 0.717) is 5.56 Å². The predicted molar refractivity (Wildman–Crippen MR) is 70.6 cm³/mol. The minimum atomic E-state index is -0.135. The average molecular weight is 242 g/mol. The Bertz CT molecular complexity index is 614. The normalized spacial score (nSPS) is 12.8. The summed E-state index contributed by atoms with van der Waals surface area (Å²) < 4.78 is 13.6. The number of aryl methyl sites for hydroxylation is 1. The lowest BCUT2D eigenvalue weighted by Crippen LogP contribution is -1.86. The van der Waals surface area contributed by atoms with E-state index >= 15 is 0 Å². The molecular weight excluding hydrogens is 231 g/mol. The van der Waals surface area contributed by atoms with Gasteiger partial charge in [0.1, 0.15) is 5.82 Å². The molecule has 0 nitrogen and oxygen atoms in total. The van der Waals surface area contributed by atoms with E-state index in [1.807, 2.05) is 18.2 Å². The van der Waals surface area contributed by atoms with Crippen LogP contribution in [-0.4, -0.2) is 0 Å². The summed E-state index contributed by atoms with van der Waals surface area (Å²) in [6, 6.07) is 11.7. The van der Waals surface area contributed by atoms with Crippen LogP contribution in [0.5, 0.6) is 0 Å². The molecule has 0 spiro atoms. The van der Waals surface area contributed by atoms with Crippen LogP contribution >= 0.6 is 11.8 Å². The summed E-state index contributed by atoms with van der Waals surface area (Å²) in [4.78, 5) is 2.15. The highest BCUT2D eigenvalue weighted by Crippen LogP contribution is 2.38. The molecule has 0 aliphatic carbocycles. The largest absolute Gasteiger partial charge is 0.207 e. The van der Waals surface area contributed by atoms with Gasteiger partial charge in [0, 0.05) is 9.79 Å². The summed E-state index contributed by atoms with van der Waals surface area (Å²) in [7, 11) is 0. The molecule has 2 heteroatoms. The fourth-order valence-corrected chi connectivity index (χ4v) is 2.96. The van der Waals surface area contributed by atoms with E-state index in [4.69, 9.17) is 0 Å². The molecule has 2 aromatic rings. The van der Waals surface area contributed by atoms with Gasteiger partial charge in [-0.05, 0) is 41.8 Å². The molecule has 0 unspecified atom stereocenters. The van der Waals surface area contributed by atoms with Crippen molar-refractivity contribution in [1.82, 2.24) is 0 Å². The van der Waals surface area contributed by atoms with Crippen LogP contribution in [-0.2, 0) is 0 Å². The summed E-state index contributed by atoms with van der Waals surface area (Å²) in [5, 5.41) is 0. The zero-order chi connectivity index (χ0) is 11.8. The molecule has 0 aromatic heterocycles. The molecule has 1 aliphatic heterocycles. The summed E-state index contributed by atoms with van der Waals surface area (Å²) in [6.45, 7) is 1.80. The second-order valence-electron chi connectivity index (χ2n) is 4.11. The van der Waals surface area contributed by atoms with E-state index in [9.17, 15) is 4.39 Å². The van der Waals surface area contributed by atoms with E-state index in [1.54, 1.807) is 24.8 Å². The Morgan fingerprint density at radius 2 is 1.71 bits per heavy atom. The zero-order valence-corrected chi connectivity index (χ0v) is 10.2. The van der Waals surface area contributed by atoms with E-state index in [0.717, 1.165) is 10.5 Å². The molecule has 1 heterocycles. The molecule has 2 aromatic carbocycles. The van der Waals surface area contributed by atoms with Crippen molar-refractivity contribution in [2.45, 2.75) is 16.7 Å². The van der Waals surface area contributed by atoms with Crippen LogP contribution in [0.4, 0.5) is 4.39 Å². The molecule has 0 fully saturated rings. The van der Waals surface area contributed by atoms with Crippen LogP contribution in [0.15, 0.2) is 46.2 Å². The molecule has 0 bridgehead atoms. The van der Waals surface area contributed by atoms with Gasteiger partial charge in [-0.3, -0.25) is 0 Å². The quantitative estimate of drug-likeness (QED) is 0.547. The third-order valence-corrected chi connectivity index (χ3v) is 4.04. The Morgan fingerprint density at radius 1 is 0.941 bits per heavy atom. The first-order chi connectivity index (χ1) is 8.24. The second-order valence-corrected chi connectivity index (χ2v) is 5.20. The van der Waals surface area contributed by atoms with E-state index in [2.05, 4.69) is 24.3 Å². The van der Waals surface area contributed by atoms with Crippen LogP contribution in [0.3, 0.4) is 0 Å². The monoisotopic (exact) mass is 242 g/mol. The lowest BCUT2D eigenvalue weighted by Gasteiger charge is -2.07. The molecule has 0 saturated heterocycles. The molecular formula is C15H11FS. The molecule has 1 aliphatic rings. The molecule has 0 N–H and O–H groups in total. The third-order valence-electron chi connectivity index (χ3n) is 2.87. The zero-order valence-electron chi connectivity index (χ0n) is 9.41. The number of benzene rings is 2. The Balaban J connectivity index is 2.18. The number of hydrogen-bond acceptors (Lipinski definition) is 1. The highest BCUT2D eigenvalue weighted by Gasteiger charge is 2.11. The van der Waals surface area contributed by atoms with Crippen molar-refractivity contribution in [2.24, 2.45) is 0 Å². The predicted octanol–water partition coefficient (Wildman–Crippen LogP) is 4.77. The summed E-state index contributed by atoms with van der Waals surface area (Å²) in [5.41, 5.74) is 2.97. The van der Waals surface area contributed by atoms with Crippen LogP contribution in [0, 0.1) is 12.7 Å². The number of fused-ring (bicyclic) bond motifs is 2. The van der Waals surface area contributed by atoms with Crippen molar-refractivity contribution in [3.63, 3.8) is 0 Å². The molecule has 0 amide bonds. The molecule has 0 atom stereocenters. The average Bonchev–Trinajstić information content (AvgIpc) is 2.49. The minimum absolute atomic E-state index is 0.135. The maximum atomic E-state index is 13.6. The highest BCUT2D eigenvalue weighted by molar-refractivity contribution is 7.99. The van der Waals surface area contributed by atoms with Gasteiger partial charge in [-0.2, -0.15) is 0 Å². The minimum Gasteiger partial charge on any atom is -0.207 e. The van der Waals surface area contributed by atoms with Gasteiger partial charge < -0.3 is 0 Å². The maximum absolute atomic E-state index is 13.6. The first-order valence-electron chi connectivity index (χ1n) is 5.49. The van der Waals surface area contributed by atoms with Crippen LogP contribution in [0.25, 0.3) is 12.2 Å². The highest BCUT2D eigenvalue weighted by atomic mass is 32.2. The lowest BCUT2D eigenvalue weighted by atomic mass is 10.1. The fourth-order valence-electron chi connectivity index (χ4n) is 1.91. The molecule has 0 radical (unpaired) electrons. The topological polar surface area (TPSA) is 0 Å². The van der Waals surface area contributed by atoms with Gasteiger partial charge >= 0.3 is 0 Å². The Hall–Kier alpha value is -1.54. The van der Waals surface area contributed by atoms with Crippen molar-refractivity contribution in [3.05, 3.63) is 58.9 Å².